The van der Waals surface area contributed by atoms with Gasteiger partial charge in [0.2, 0.25) is 0 Å². The molecule has 0 atom stereocenters. The minimum Gasteiger partial charge on any atom is -0.487 e. The molecular formula is C23H29N3O7. The van der Waals surface area contributed by atoms with Crippen molar-refractivity contribution < 1.29 is 33.2 Å². The number of amides is 2. The van der Waals surface area contributed by atoms with Crippen LogP contribution in [0.1, 0.15) is 12.5 Å². The summed E-state index contributed by atoms with van der Waals surface area (Å²) in [6, 6.07) is 12.1. The summed E-state index contributed by atoms with van der Waals surface area (Å²) in [5, 5.41) is 3.95. The van der Waals surface area contributed by atoms with Crippen LogP contribution < -0.4 is 30.1 Å². The number of benzene rings is 2. The molecule has 33 heavy (non-hydrogen) atoms. The lowest BCUT2D eigenvalue weighted by atomic mass is 10.1. The molecule has 0 unspecified atom stereocenters. The molecule has 0 fully saturated rings. The molecular weight excluding hydrogens is 430 g/mol. The highest BCUT2D eigenvalue weighted by Gasteiger charge is 2.10. The van der Waals surface area contributed by atoms with Gasteiger partial charge in [-0.1, -0.05) is 12.1 Å². The van der Waals surface area contributed by atoms with Gasteiger partial charge in [-0.15, -0.1) is 0 Å². The molecule has 10 heteroatoms. The number of rotatable bonds is 2. The number of ether oxygens (including phenoxy) is 6. The smallest absolute Gasteiger partial charge is 0.332 e. The van der Waals surface area contributed by atoms with Crippen molar-refractivity contribution in [2.75, 3.05) is 52.9 Å². The van der Waals surface area contributed by atoms with Crippen LogP contribution in [0.4, 0.5) is 4.79 Å². The second-order valence-corrected chi connectivity index (χ2v) is 6.90. The quantitative estimate of drug-likeness (QED) is 0.522. The minimum atomic E-state index is -0.736. The van der Waals surface area contributed by atoms with Crippen molar-refractivity contribution in [3.8, 4) is 23.0 Å². The van der Waals surface area contributed by atoms with Crippen molar-refractivity contribution in [1.29, 1.82) is 0 Å². The van der Waals surface area contributed by atoms with Crippen LogP contribution >= 0.6 is 0 Å². The summed E-state index contributed by atoms with van der Waals surface area (Å²) < 4.78 is 34.5. The van der Waals surface area contributed by atoms with E-state index in [1.165, 1.54) is 0 Å². The topological polar surface area (TPSA) is 123 Å². The zero-order chi connectivity index (χ0) is 23.3. The first-order valence-corrected chi connectivity index (χ1v) is 10.6. The molecule has 2 aromatic carbocycles. The van der Waals surface area contributed by atoms with Gasteiger partial charge in [0, 0.05) is 5.56 Å². The Balaban J connectivity index is 1.64. The molecule has 0 radical (unpaired) electrons. The second kappa shape index (κ2) is 13.1. The van der Waals surface area contributed by atoms with E-state index in [1.54, 1.807) is 19.1 Å². The third-order valence-electron chi connectivity index (χ3n) is 4.49. The molecule has 1 aliphatic heterocycles. The number of hydrogen-bond acceptors (Lipinski definition) is 8. The largest absolute Gasteiger partial charge is 0.487 e. The number of primary amides is 1. The van der Waals surface area contributed by atoms with Gasteiger partial charge in [0.25, 0.3) is 0 Å². The van der Waals surface area contributed by atoms with Crippen molar-refractivity contribution in [1.82, 2.24) is 5.43 Å². The van der Waals surface area contributed by atoms with Crippen LogP contribution in [0.25, 0.3) is 0 Å². The summed E-state index contributed by atoms with van der Waals surface area (Å²) in [5.41, 5.74) is 8.60. The van der Waals surface area contributed by atoms with Gasteiger partial charge >= 0.3 is 6.03 Å². The van der Waals surface area contributed by atoms with Gasteiger partial charge in [-0.2, -0.15) is 5.10 Å². The molecule has 178 valence electrons. The molecule has 0 saturated heterocycles. The number of nitrogens with one attached hydrogen (secondary N) is 1. The highest BCUT2D eigenvalue weighted by molar-refractivity contribution is 5.99. The lowest BCUT2D eigenvalue weighted by Crippen LogP contribution is -2.25. The van der Waals surface area contributed by atoms with E-state index in [2.05, 4.69) is 10.5 Å². The fourth-order valence-corrected chi connectivity index (χ4v) is 2.90. The van der Waals surface area contributed by atoms with Gasteiger partial charge in [0.05, 0.1) is 32.1 Å². The van der Waals surface area contributed by atoms with Crippen molar-refractivity contribution in [2.24, 2.45) is 10.8 Å². The summed E-state index contributed by atoms with van der Waals surface area (Å²) in [7, 11) is 0. The van der Waals surface area contributed by atoms with Crippen LogP contribution in [0.3, 0.4) is 0 Å². The predicted molar refractivity (Wildman–Crippen MR) is 121 cm³/mol. The number of hydrogen-bond donors (Lipinski definition) is 2. The van der Waals surface area contributed by atoms with Crippen LogP contribution in [-0.2, 0) is 9.47 Å². The summed E-state index contributed by atoms with van der Waals surface area (Å²) in [6.07, 6.45) is 0. The van der Waals surface area contributed by atoms with Gasteiger partial charge < -0.3 is 34.2 Å². The first kappa shape index (κ1) is 24.1. The molecule has 0 aliphatic carbocycles. The summed E-state index contributed by atoms with van der Waals surface area (Å²) in [6.45, 7) is 4.71. The molecule has 0 spiro atoms. The van der Waals surface area contributed by atoms with Crippen LogP contribution in [0, 0.1) is 0 Å². The van der Waals surface area contributed by atoms with Crippen LogP contribution in [0.5, 0.6) is 23.0 Å². The molecule has 0 bridgehead atoms. The van der Waals surface area contributed by atoms with Gasteiger partial charge in [-0.3, -0.25) is 0 Å². The molecule has 0 saturated carbocycles. The van der Waals surface area contributed by atoms with E-state index in [0.717, 1.165) is 5.56 Å². The Morgan fingerprint density at radius 3 is 1.76 bits per heavy atom. The number of carbonyl (C=O) groups excluding carboxylic acids is 1. The number of hydrazone groups is 1. The van der Waals surface area contributed by atoms with Crippen molar-refractivity contribution in [3.05, 3.63) is 48.0 Å². The van der Waals surface area contributed by atoms with E-state index in [-0.39, 0.29) is 0 Å². The molecule has 2 amide bonds. The summed E-state index contributed by atoms with van der Waals surface area (Å²) >= 11 is 0. The molecule has 10 nitrogen and oxygen atoms in total. The minimum absolute atomic E-state index is 0.311. The maximum atomic E-state index is 10.9. The fourth-order valence-electron chi connectivity index (χ4n) is 2.90. The van der Waals surface area contributed by atoms with Gasteiger partial charge in [0.15, 0.2) is 23.0 Å². The number of carbonyl (C=O) groups is 1. The highest BCUT2D eigenvalue weighted by Crippen LogP contribution is 2.29. The zero-order valence-electron chi connectivity index (χ0n) is 18.6. The standard InChI is InChI=1S/C23H29N3O7/c1-17(25-26-23(24)27)18-6-7-21-22(16-18)33-15-11-29-9-13-31-20-5-3-2-4-19(20)30-12-8-28-10-14-32-21/h2-7,16H,8-15H2,1H3,(H3,24,26,27). The monoisotopic (exact) mass is 459 g/mol. The van der Waals surface area contributed by atoms with Crippen LogP contribution in [-0.4, -0.2) is 64.6 Å². The summed E-state index contributed by atoms with van der Waals surface area (Å²) in [4.78, 5) is 10.9. The number of nitrogens with two attached hydrogens (primary N) is 1. The fraction of sp³-hybridized carbons (Fsp3) is 0.391. The normalized spacial score (nSPS) is 16.2. The van der Waals surface area contributed by atoms with E-state index >= 15 is 0 Å². The number of para-hydroxylation sites is 2. The SMILES string of the molecule is CC(=NNC(N)=O)c1ccc2c(c1)OCCOCCOc1ccccc1OCCOCCO2. The Morgan fingerprint density at radius 2 is 1.24 bits per heavy atom. The van der Waals surface area contributed by atoms with Crippen LogP contribution in [0.15, 0.2) is 47.6 Å². The molecule has 1 aliphatic rings. The van der Waals surface area contributed by atoms with Crippen LogP contribution in [0.2, 0.25) is 0 Å². The molecule has 3 rings (SSSR count). The average Bonchev–Trinajstić information content (AvgIpc) is 2.82. The van der Waals surface area contributed by atoms with Crippen molar-refractivity contribution >= 4 is 11.7 Å². The molecule has 3 N–H and O–H groups in total. The van der Waals surface area contributed by atoms with E-state index in [1.807, 2.05) is 30.3 Å². The first-order valence-electron chi connectivity index (χ1n) is 10.6. The second-order valence-electron chi connectivity index (χ2n) is 6.90. The zero-order valence-corrected chi connectivity index (χ0v) is 18.6. The predicted octanol–water partition coefficient (Wildman–Crippen LogP) is 2.34. The Bertz CT molecular complexity index is 936. The van der Waals surface area contributed by atoms with E-state index < -0.39 is 6.03 Å². The number of urea groups is 1. The van der Waals surface area contributed by atoms with Gasteiger partial charge in [-0.05, 0) is 37.3 Å². The van der Waals surface area contributed by atoms with E-state index in [4.69, 9.17) is 34.2 Å². The number of nitrogens with zero attached hydrogens (tertiary/aromatic N) is 1. The third-order valence-corrected chi connectivity index (χ3v) is 4.49. The van der Waals surface area contributed by atoms with E-state index in [0.29, 0.717) is 81.6 Å². The van der Waals surface area contributed by atoms with Crippen molar-refractivity contribution in [3.63, 3.8) is 0 Å². The Morgan fingerprint density at radius 1 is 0.758 bits per heavy atom. The van der Waals surface area contributed by atoms with E-state index in [9.17, 15) is 4.79 Å². The maximum Gasteiger partial charge on any atom is 0.332 e. The van der Waals surface area contributed by atoms with Crippen molar-refractivity contribution in [2.45, 2.75) is 6.92 Å². The molecule has 0 aromatic heterocycles. The lowest BCUT2D eigenvalue weighted by Gasteiger charge is -2.16. The maximum absolute atomic E-state index is 10.9. The third kappa shape index (κ3) is 8.17. The number of fused-ring (bicyclic) bond motifs is 2. The Kier molecular flexibility index (Phi) is 9.62. The molecule has 2 aromatic rings. The molecule has 1 heterocycles. The Labute approximate surface area is 192 Å². The lowest BCUT2D eigenvalue weighted by molar-refractivity contribution is 0.0640. The van der Waals surface area contributed by atoms with Gasteiger partial charge in [-0.25, -0.2) is 10.2 Å². The highest BCUT2D eigenvalue weighted by atomic mass is 16.6. The first-order chi connectivity index (χ1) is 16.1. The Hall–Kier alpha value is -3.50. The van der Waals surface area contributed by atoms with Gasteiger partial charge in [0.1, 0.15) is 26.4 Å². The summed E-state index contributed by atoms with van der Waals surface area (Å²) in [5.74, 6) is 2.41. The average molecular weight is 459 g/mol.